The van der Waals surface area contributed by atoms with E-state index in [0.717, 1.165) is 5.56 Å². The highest BCUT2D eigenvalue weighted by atomic mass is 16.3. The molecule has 0 fully saturated rings. The number of nitrogens with zero attached hydrogens (tertiary/aromatic N) is 3. The van der Waals surface area contributed by atoms with Crippen molar-refractivity contribution in [3.8, 4) is 5.75 Å². The summed E-state index contributed by atoms with van der Waals surface area (Å²) in [7, 11) is 1.86. The highest BCUT2D eigenvalue weighted by Crippen LogP contribution is 2.31. The first-order valence-electron chi connectivity index (χ1n) is 9.70. The third-order valence-electron chi connectivity index (χ3n) is 4.51. The molecule has 0 spiro atoms. The van der Waals surface area contributed by atoms with Crippen molar-refractivity contribution in [1.29, 1.82) is 0 Å². The van der Waals surface area contributed by atoms with E-state index in [1.165, 1.54) is 4.57 Å². The minimum absolute atomic E-state index is 0.231. The molecule has 7 heteroatoms. The van der Waals surface area contributed by atoms with Crippen LogP contribution in [0, 0.1) is 0 Å². The van der Waals surface area contributed by atoms with Crippen LogP contribution in [0.1, 0.15) is 63.4 Å². The number of nitrogens with one attached hydrogen (secondary N) is 1. The summed E-state index contributed by atoms with van der Waals surface area (Å²) < 4.78 is 1.39. The first-order valence-corrected chi connectivity index (χ1v) is 9.70. The minimum atomic E-state index is -0.615. The summed E-state index contributed by atoms with van der Waals surface area (Å²) in [5, 5.41) is 12.8. The average Bonchev–Trinajstić information content (AvgIpc) is 2.95. The summed E-state index contributed by atoms with van der Waals surface area (Å²) in [4.78, 5) is 31.0. The number of rotatable bonds is 3. The van der Waals surface area contributed by atoms with Gasteiger partial charge < -0.3 is 10.4 Å². The SMILES string of the molecule is CC.CC.CN1Cn2c(nc(C(=O)NCc3ccccc3)c(O)c2=O)C1(C)C. The van der Waals surface area contributed by atoms with Gasteiger partial charge in [-0.25, -0.2) is 4.98 Å². The van der Waals surface area contributed by atoms with Gasteiger partial charge in [0.05, 0.1) is 12.2 Å². The quantitative estimate of drug-likeness (QED) is 0.844. The van der Waals surface area contributed by atoms with Crippen LogP contribution in [-0.2, 0) is 18.8 Å². The standard InChI is InChI=1S/C17H20N4O3.2C2H6/c1-17(2)16-19-12(13(22)15(24)21(16)10-20(17)3)14(23)18-9-11-7-5-4-6-8-11;2*1-2/h4-8,22H,9-10H2,1-3H3,(H,18,23);2*1-2H3. The van der Waals surface area contributed by atoms with Crippen molar-refractivity contribution in [1.82, 2.24) is 19.8 Å². The van der Waals surface area contributed by atoms with E-state index >= 15 is 0 Å². The Kier molecular flexibility index (Phi) is 8.37. The van der Waals surface area contributed by atoms with Crippen LogP contribution >= 0.6 is 0 Å². The first-order chi connectivity index (χ1) is 13.3. The van der Waals surface area contributed by atoms with Crippen LogP contribution in [0.5, 0.6) is 5.75 Å². The van der Waals surface area contributed by atoms with Crippen LogP contribution in [0.4, 0.5) is 0 Å². The summed E-state index contributed by atoms with van der Waals surface area (Å²) in [5.41, 5.74) is -0.405. The number of carbonyl (C=O) groups is 1. The van der Waals surface area contributed by atoms with Gasteiger partial charge in [0.15, 0.2) is 5.69 Å². The molecule has 1 aromatic heterocycles. The van der Waals surface area contributed by atoms with Gasteiger partial charge in [-0.2, -0.15) is 0 Å². The fourth-order valence-corrected chi connectivity index (χ4v) is 2.72. The molecule has 1 amide bonds. The fraction of sp³-hybridized carbons (Fsp3) is 0.476. The third-order valence-corrected chi connectivity index (χ3v) is 4.51. The molecule has 7 nitrogen and oxygen atoms in total. The van der Waals surface area contributed by atoms with E-state index in [0.29, 0.717) is 19.0 Å². The molecular formula is C21H32N4O3. The second kappa shape index (κ2) is 10.0. The Hall–Kier alpha value is -2.67. The predicted octanol–water partition coefficient (Wildman–Crippen LogP) is 3.07. The van der Waals surface area contributed by atoms with Crippen molar-refractivity contribution in [3.05, 3.63) is 57.8 Å². The molecule has 28 heavy (non-hydrogen) atoms. The van der Waals surface area contributed by atoms with E-state index in [1.54, 1.807) is 0 Å². The molecule has 0 saturated carbocycles. The Morgan fingerprint density at radius 2 is 1.75 bits per heavy atom. The van der Waals surface area contributed by atoms with Gasteiger partial charge in [0.2, 0.25) is 5.75 Å². The fourth-order valence-electron chi connectivity index (χ4n) is 2.72. The molecule has 2 heterocycles. The number of aromatic hydroxyl groups is 1. The van der Waals surface area contributed by atoms with E-state index in [1.807, 2.05) is 83.8 Å². The third kappa shape index (κ3) is 4.59. The molecule has 154 valence electrons. The number of aromatic nitrogens is 2. The Balaban J connectivity index is 0.000000921. The smallest absolute Gasteiger partial charge is 0.297 e. The number of amides is 1. The second-order valence-corrected chi connectivity index (χ2v) is 6.43. The van der Waals surface area contributed by atoms with E-state index < -0.39 is 22.8 Å². The number of benzene rings is 1. The maximum Gasteiger partial charge on any atom is 0.297 e. The molecule has 1 aliphatic heterocycles. The van der Waals surface area contributed by atoms with Crippen LogP contribution in [0.3, 0.4) is 0 Å². The maximum absolute atomic E-state index is 12.4. The topological polar surface area (TPSA) is 87.5 Å². The summed E-state index contributed by atoms with van der Waals surface area (Å²) in [6.07, 6.45) is 0. The zero-order valence-corrected chi connectivity index (χ0v) is 17.9. The van der Waals surface area contributed by atoms with Crippen molar-refractivity contribution in [3.63, 3.8) is 0 Å². The van der Waals surface area contributed by atoms with Gasteiger partial charge in [-0.1, -0.05) is 58.0 Å². The van der Waals surface area contributed by atoms with E-state index in [2.05, 4.69) is 10.3 Å². The van der Waals surface area contributed by atoms with E-state index in [-0.39, 0.29) is 5.69 Å². The van der Waals surface area contributed by atoms with Gasteiger partial charge >= 0.3 is 0 Å². The first kappa shape index (κ1) is 23.4. The van der Waals surface area contributed by atoms with Gasteiger partial charge in [-0.05, 0) is 26.5 Å². The van der Waals surface area contributed by atoms with Crippen molar-refractivity contribution in [2.75, 3.05) is 7.05 Å². The zero-order chi connectivity index (χ0) is 21.5. The monoisotopic (exact) mass is 388 g/mol. The van der Waals surface area contributed by atoms with Crippen molar-refractivity contribution in [2.24, 2.45) is 0 Å². The van der Waals surface area contributed by atoms with E-state index in [4.69, 9.17) is 0 Å². The number of hydrogen-bond donors (Lipinski definition) is 2. The normalized spacial score (nSPS) is 14.1. The molecule has 0 aliphatic carbocycles. The lowest BCUT2D eigenvalue weighted by molar-refractivity contribution is 0.0941. The zero-order valence-electron chi connectivity index (χ0n) is 17.9. The van der Waals surface area contributed by atoms with Gasteiger partial charge in [0, 0.05) is 6.54 Å². The predicted molar refractivity (Wildman–Crippen MR) is 111 cm³/mol. The Bertz CT molecular complexity index is 845. The molecule has 0 unspecified atom stereocenters. The van der Waals surface area contributed by atoms with Crippen LogP contribution in [0.25, 0.3) is 0 Å². The lowest BCUT2D eigenvalue weighted by atomic mass is 10.0. The molecule has 2 N–H and O–H groups in total. The molecule has 1 aromatic carbocycles. The molecule has 1 aliphatic rings. The Morgan fingerprint density at radius 3 is 2.32 bits per heavy atom. The van der Waals surface area contributed by atoms with Crippen LogP contribution in [0.2, 0.25) is 0 Å². The van der Waals surface area contributed by atoms with E-state index in [9.17, 15) is 14.7 Å². The molecule has 0 radical (unpaired) electrons. The molecule has 2 aromatic rings. The lowest BCUT2D eigenvalue weighted by Crippen LogP contribution is -2.33. The van der Waals surface area contributed by atoms with Crippen molar-refractivity contribution >= 4 is 5.91 Å². The van der Waals surface area contributed by atoms with Gasteiger partial charge in [0.1, 0.15) is 5.82 Å². The number of hydrogen-bond acceptors (Lipinski definition) is 5. The minimum Gasteiger partial charge on any atom is -0.501 e. The van der Waals surface area contributed by atoms with Crippen LogP contribution < -0.4 is 10.9 Å². The highest BCUT2D eigenvalue weighted by Gasteiger charge is 2.39. The van der Waals surface area contributed by atoms with Gasteiger partial charge in [-0.15, -0.1) is 0 Å². The molecule has 0 saturated heterocycles. The highest BCUT2D eigenvalue weighted by molar-refractivity contribution is 5.94. The summed E-state index contributed by atoms with van der Waals surface area (Å²) in [5.74, 6) is -0.713. The van der Waals surface area contributed by atoms with Crippen LogP contribution in [-0.4, -0.2) is 32.5 Å². The van der Waals surface area contributed by atoms with Crippen molar-refractivity contribution < 1.29 is 9.90 Å². The molecule has 0 atom stereocenters. The average molecular weight is 389 g/mol. The van der Waals surface area contributed by atoms with Crippen molar-refractivity contribution in [2.45, 2.75) is 60.3 Å². The van der Waals surface area contributed by atoms with Gasteiger partial charge in [0.25, 0.3) is 11.5 Å². The second-order valence-electron chi connectivity index (χ2n) is 6.43. The largest absolute Gasteiger partial charge is 0.501 e. The maximum atomic E-state index is 12.4. The number of fused-ring (bicyclic) bond motifs is 1. The van der Waals surface area contributed by atoms with Crippen LogP contribution in [0.15, 0.2) is 35.1 Å². The number of carbonyl (C=O) groups excluding carboxylic acids is 1. The summed E-state index contributed by atoms with van der Waals surface area (Å²) in [6.45, 7) is 12.5. The Morgan fingerprint density at radius 1 is 1.18 bits per heavy atom. The van der Waals surface area contributed by atoms with Gasteiger partial charge in [-0.3, -0.25) is 19.1 Å². The Labute approximate surface area is 167 Å². The molecule has 3 rings (SSSR count). The lowest BCUT2D eigenvalue weighted by Gasteiger charge is -2.25. The summed E-state index contributed by atoms with van der Waals surface area (Å²) in [6, 6.07) is 9.39. The summed E-state index contributed by atoms with van der Waals surface area (Å²) >= 11 is 0. The molecular weight excluding hydrogens is 356 g/mol. The molecule has 0 bridgehead atoms.